The van der Waals surface area contributed by atoms with Gasteiger partial charge in [-0.05, 0) is 31.0 Å². The van der Waals surface area contributed by atoms with Crippen molar-refractivity contribution in [2.75, 3.05) is 24.3 Å². The Morgan fingerprint density at radius 2 is 1.82 bits per heavy atom. The lowest BCUT2D eigenvalue weighted by Gasteiger charge is -2.27. The minimum atomic E-state index is -0.311. The molecule has 5 rings (SSSR count). The summed E-state index contributed by atoms with van der Waals surface area (Å²) in [5.41, 5.74) is 2.66. The molecule has 2 atom stereocenters. The fourth-order valence-electron chi connectivity index (χ4n) is 3.94. The number of hydrogen-bond donors (Lipinski definition) is 2. The van der Waals surface area contributed by atoms with Crippen LogP contribution in [-0.4, -0.2) is 51.3 Å². The van der Waals surface area contributed by atoms with Gasteiger partial charge in [-0.2, -0.15) is 0 Å². The minimum Gasteiger partial charge on any atom is -0.456 e. The van der Waals surface area contributed by atoms with Crippen molar-refractivity contribution in [1.29, 1.82) is 0 Å². The average molecular weight is 463 g/mol. The molecule has 33 heavy (non-hydrogen) atoms. The topological polar surface area (TPSA) is 96.3 Å². The highest BCUT2D eigenvalue weighted by atomic mass is 32.1. The summed E-state index contributed by atoms with van der Waals surface area (Å²) in [7, 11) is 3.81. The Hall–Kier alpha value is -3.30. The quantitative estimate of drug-likeness (QED) is 0.425. The molecule has 2 N–H and O–H groups in total. The number of rotatable bonds is 6. The molecule has 0 saturated heterocycles. The van der Waals surface area contributed by atoms with Gasteiger partial charge in [-0.25, -0.2) is 15.0 Å². The third-order valence-corrected chi connectivity index (χ3v) is 6.67. The molecule has 1 saturated carbocycles. The summed E-state index contributed by atoms with van der Waals surface area (Å²) in [6, 6.07) is 7.84. The van der Waals surface area contributed by atoms with Gasteiger partial charge >= 0.3 is 0 Å². The van der Waals surface area contributed by atoms with Gasteiger partial charge in [0.25, 0.3) is 0 Å². The van der Waals surface area contributed by atoms with Crippen molar-refractivity contribution in [3.05, 3.63) is 49.1 Å². The van der Waals surface area contributed by atoms with E-state index >= 15 is 0 Å². The highest BCUT2D eigenvalue weighted by Gasteiger charge is 2.23. The zero-order valence-corrected chi connectivity index (χ0v) is 19.4. The van der Waals surface area contributed by atoms with Crippen LogP contribution in [0.15, 0.2) is 49.1 Å². The van der Waals surface area contributed by atoms with Gasteiger partial charge in [-0.15, -0.1) is 0 Å². The van der Waals surface area contributed by atoms with Gasteiger partial charge in [0.1, 0.15) is 11.5 Å². The lowest BCUT2D eigenvalue weighted by atomic mass is 9.93. The van der Waals surface area contributed by atoms with Crippen LogP contribution >= 0.6 is 11.3 Å². The molecular weight excluding hydrogens is 436 g/mol. The summed E-state index contributed by atoms with van der Waals surface area (Å²) in [4.78, 5) is 19.6. The van der Waals surface area contributed by atoms with E-state index in [9.17, 15) is 5.11 Å². The zero-order chi connectivity index (χ0) is 22.8. The first kappa shape index (κ1) is 21.5. The summed E-state index contributed by atoms with van der Waals surface area (Å²) in [5, 5.41) is 14.5. The predicted molar refractivity (Wildman–Crippen MR) is 131 cm³/mol. The van der Waals surface area contributed by atoms with Crippen molar-refractivity contribution in [3.8, 4) is 22.6 Å². The van der Waals surface area contributed by atoms with E-state index in [1.54, 1.807) is 36.1 Å². The molecule has 0 radical (unpaired) electrons. The van der Waals surface area contributed by atoms with Crippen LogP contribution in [-0.2, 0) is 0 Å². The number of fused-ring (bicyclic) bond motifs is 1. The largest absolute Gasteiger partial charge is 0.456 e. The lowest BCUT2D eigenvalue weighted by Crippen LogP contribution is -2.36. The summed E-state index contributed by atoms with van der Waals surface area (Å²) >= 11 is 1.57. The summed E-state index contributed by atoms with van der Waals surface area (Å²) in [6.45, 7) is 0. The standard InChI is InChI=1S/C24H26N6O2S/c1-30(2)23-26-12-16(13-27-23)15-9-18(14-25-11-15)32-17-7-8-20-22(10-17)33-24(29-20)28-19-5-3-4-6-21(19)31/h7-14,19,21,31H,3-6H2,1-2H3,(H,28,29)/t19-,21-/m1/s1. The number of aromatic nitrogens is 4. The Bertz CT molecular complexity index is 1240. The number of pyridine rings is 1. The van der Waals surface area contributed by atoms with Crippen molar-refractivity contribution < 1.29 is 9.84 Å². The first-order valence-electron chi connectivity index (χ1n) is 11.0. The minimum absolute atomic E-state index is 0.0691. The second-order valence-electron chi connectivity index (χ2n) is 8.43. The number of ether oxygens (including phenoxy) is 1. The summed E-state index contributed by atoms with van der Waals surface area (Å²) in [5.74, 6) is 2.01. The molecule has 0 bridgehead atoms. The molecule has 9 heteroatoms. The second-order valence-corrected chi connectivity index (χ2v) is 9.46. The van der Waals surface area contributed by atoms with E-state index in [0.717, 1.165) is 52.2 Å². The monoisotopic (exact) mass is 462 g/mol. The molecule has 0 aliphatic heterocycles. The van der Waals surface area contributed by atoms with E-state index in [4.69, 9.17) is 4.74 Å². The molecule has 0 spiro atoms. The molecule has 1 aromatic carbocycles. The molecule has 0 unspecified atom stereocenters. The van der Waals surface area contributed by atoms with Crippen molar-refractivity contribution in [3.63, 3.8) is 0 Å². The number of aliphatic hydroxyl groups excluding tert-OH is 1. The molecule has 4 aromatic rings. The zero-order valence-electron chi connectivity index (χ0n) is 18.6. The lowest BCUT2D eigenvalue weighted by molar-refractivity contribution is 0.116. The number of nitrogens with zero attached hydrogens (tertiary/aromatic N) is 5. The second kappa shape index (κ2) is 9.29. The first-order chi connectivity index (χ1) is 16.0. The molecule has 3 heterocycles. The fraction of sp³-hybridized carbons (Fsp3) is 0.333. The van der Waals surface area contributed by atoms with E-state index in [2.05, 4.69) is 25.3 Å². The normalized spacial score (nSPS) is 18.3. The van der Waals surface area contributed by atoms with Crippen molar-refractivity contribution >= 4 is 32.6 Å². The highest BCUT2D eigenvalue weighted by molar-refractivity contribution is 7.22. The maximum atomic E-state index is 10.2. The third-order valence-electron chi connectivity index (χ3n) is 5.72. The van der Waals surface area contributed by atoms with Gasteiger partial charge in [0, 0.05) is 49.9 Å². The van der Waals surface area contributed by atoms with Crippen LogP contribution in [0.5, 0.6) is 11.5 Å². The van der Waals surface area contributed by atoms with E-state index in [1.165, 1.54) is 0 Å². The maximum absolute atomic E-state index is 10.2. The van der Waals surface area contributed by atoms with Crippen molar-refractivity contribution in [2.24, 2.45) is 0 Å². The SMILES string of the molecule is CN(C)c1ncc(-c2cncc(Oc3ccc4nc(N[C@@H]5CCCC[C@H]5O)sc4c3)c2)cn1. The number of benzene rings is 1. The van der Waals surface area contributed by atoms with E-state index in [1.807, 2.05) is 43.3 Å². The Morgan fingerprint density at radius 1 is 1.00 bits per heavy atom. The maximum Gasteiger partial charge on any atom is 0.224 e. The molecule has 1 aliphatic rings. The highest BCUT2D eigenvalue weighted by Crippen LogP contribution is 2.33. The number of nitrogens with one attached hydrogen (secondary N) is 1. The van der Waals surface area contributed by atoms with Crippen LogP contribution in [0.1, 0.15) is 25.7 Å². The average Bonchev–Trinajstić information content (AvgIpc) is 3.22. The van der Waals surface area contributed by atoms with E-state index in [-0.39, 0.29) is 12.1 Å². The molecule has 170 valence electrons. The number of aliphatic hydroxyl groups is 1. The Morgan fingerprint density at radius 3 is 2.61 bits per heavy atom. The first-order valence-corrected chi connectivity index (χ1v) is 11.8. The van der Waals surface area contributed by atoms with Crippen LogP contribution in [0.25, 0.3) is 21.3 Å². The third kappa shape index (κ3) is 4.89. The van der Waals surface area contributed by atoms with Gasteiger partial charge in [0.05, 0.1) is 28.6 Å². The van der Waals surface area contributed by atoms with E-state index in [0.29, 0.717) is 17.4 Å². The fourth-order valence-corrected chi connectivity index (χ4v) is 4.89. The van der Waals surface area contributed by atoms with Gasteiger partial charge < -0.3 is 20.1 Å². The number of hydrogen-bond acceptors (Lipinski definition) is 9. The molecular formula is C24H26N6O2S. The van der Waals surface area contributed by atoms with Crippen molar-refractivity contribution in [2.45, 2.75) is 37.8 Å². The number of anilines is 2. The Balaban J connectivity index is 1.32. The Kier molecular flexibility index (Phi) is 6.06. The summed E-state index contributed by atoms with van der Waals surface area (Å²) in [6.07, 6.45) is 10.7. The molecule has 1 aliphatic carbocycles. The van der Waals surface area contributed by atoms with Gasteiger partial charge in [0.2, 0.25) is 5.95 Å². The Labute approximate surface area is 196 Å². The predicted octanol–water partition coefficient (Wildman–Crippen LogP) is 4.72. The molecule has 0 amide bonds. The van der Waals surface area contributed by atoms with Crippen LogP contribution in [0.2, 0.25) is 0 Å². The number of thiazole rings is 1. The van der Waals surface area contributed by atoms with Gasteiger partial charge in [-0.1, -0.05) is 24.2 Å². The molecule has 3 aromatic heterocycles. The van der Waals surface area contributed by atoms with Crippen LogP contribution in [0.4, 0.5) is 11.1 Å². The van der Waals surface area contributed by atoms with Crippen LogP contribution < -0.4 is 15.0 Å². The van der Waals surface area contributed by atoms with Crippen LogP contribution in [0.3, 0.4) is 0 Å². The van der Waals surface area contributed by atoms with Crippen LogP contribution in [0, 0.1) is 0 Å². The van der Waals surface area contributed by atoms with Gasteiger partial charge in [-0.3, -0.25) is 4.98 Å². The van der Waals surface area contributed by atoms with Gasteiger partial charge in [0.15, 0.2) is 5.13 Å². The van der Waals surface area contributed by atoms with E-state index < -0.39 is 0 Å². The summed E-state index contributed by atoms with van der Waals surface area (Å²) < 4.78 is 7.12. The smallest absolute Gasteiger partial charge is 0.224 e. The van der Waals surface area contributed by atoms with Crippen molar-refractivity contribution in [1.82, 2.24) is 19.9 Å². The molecule has 1 fully saturated rings. The molecule has 8 nitrogen and oxygen atoms in total.